The van der Waals surface area contributed by atoms with Crippen molar-refractivity contribution in [2.75, 3.05) is 31.1 Å². The third-order valence-electron chi connectivity index (χ3n) is 6.63. The van der Waals surface area contributed by atoms with Crippen LogP contribution < -0.4 is 10.2 Å². The zero-order valence-corrected chi connectivity index (χ0v) is 18.0. The lowest BCUT2D eigenvalue weighted by Gasteiger charge is -2.38. The van der Waals surface area contributed by atoms with Crippen molar-refractivity contribution in [3.8, 4) is 0 Å². The highest BCUT2D eigenvalue weighted by Gasteiger charge is 2.33. The molecule has 0 spiro atoms. The quantitative estimate of drug-likeness (QED) is 0.792. The van der Waals surface area contributed by atoms with Gasteiger partial charge in [0.25, 0.3) is 0 Å². The van der Waals surface area contributed by atoms with E-state index >= 15 is 0 Å². The van der Waals surface area contributed by atoms with Gasteiger partial charge in [-0.15, -0.1) is 11.3 Å². The lowest BCUT2D eigenvalue weighted by molar-refractivity contribution is -0.138. The molecule has 0 bridgehead atoms. The van der Waals surface area contributed by atoms with Crippen LogP contribution in [0.25, 0.3) is 0 Å². The number of hydrogen-bond acceptors (Lipinski definition) is 6. The highest BCUT2D eigenvalue weighted by atomic mass is 32.1. The second kappa shape index (κ2) is 8.41. The second-order valence-corrected chi connectivity index (χ2v) is 9.61. The molecule has 8 heteroatoms. The lowest BCUT2D eigenvalue weighted by atomic mass is 9.84. The molecule has 1 saturated carbocycles. The van der Waals surface area contributed by atoms with E-state index in [1.54, 1.807) is 17.6 Å². The molecule has 5 rings (SSSR count). The molecule has 2 aliphatic carbocycles. The van der Waals surface area contributed by atoms with Crippen molar-refractivity contribution in [3.63, 3.8) is 0 Å². The van der Waals surface area contributed by atoms with E-state index in [4.69, 9.17) is 9.40 Å². The van der Waals surface area contributed by atoms with Crippen LogP contribution in [0.5, 0.6) is 0 Å². The van der Waals surface area contributed by atoms with E-state index in [2.05, 4.69) is 10.2 Å². The normalized spacial score (nSPS) is 21.8. The van der Waals surface area contributed by atoms with Crippen LogP contribution in [-0.2, 0) is 29.0 Å². The summed E-state index contributed by atoms with van der Waals surface area (Å²) in [5, 5.41) is 4.04. The molecular formula is C22H28N4O3S. The molecule has 0 unspecified atom stereocenters. The van der Waals surface area contributed by atoms with Gasteiger partial charge in [0.05, 0.1) is 18.5 Å². The second-order valence-electron chi connectivity index (χ2n) is 8.54. The first kappa shape index (κ1) is 19.6. The number of amides is 2. The first-order valence-corrected chi connectivity index (χ1v) is 11.8. The number of piperazine rings is 1. The van der Waals surface area contributed by atoms with Crippen molar-refractivity contribution in [3.05, 3.63) is 34.7 Å². The van der Waals surface area contributed by atoms with Crippen LogP contribution in [0.4, 0.5) is 5.13 Å². The maximum absolute atomic E-state index is 12.6. The number of rotatable bonds is 5. The molecule has 2 fully saturated rings. The number of aryl methyl sites for hydroxylation is 1. The minimum absolute atomic E-state index is 0.00212. The predicted octanol–water partition coefficient (Wildman–Crippen LogP) is 2.61. The number of carbonyl (C=O) groups is 2. The van der Waals surface area contributed by atoms with Crippen molar-refractivity contribution in [2.45, 2.75) is 45.1 Å². The smallest absolute Gasteiger partial charge is 0.225 e. The highest BCUT2D eigenvalue weighted by Crippen LogP contribution is 2.35. The zero-order valence-electron chi connectivity index (χ0n) is 17.1. The number of hydrogen-bond donors (Lipinski definition) is 1. The average Bonchev–Trinajstić information content (AvgIpc) is 3.40. The zero-order chi connectivity index (χ0) is 20.5. The predicted molar refractivity (Wildman–Crippen MR) is 114 cm³/mol. The van der Waals surface area contributed by atoms with Crippen molar-refractivity contribution < 1.29 is 14.0 Å². The standard InChI is InChI=1S/C22H28N4O3S/c27-20(23-14-17-5-2-12-29-17)16-6-7-18-19(13-16)30-22(24-18)26-10-8-25(9-11-26)21(28)15-3-1-4-15/h2,5,12,15-16H,1,3-4,6-11,13-14H2,(H,23,27)/t16-/m1/s1. The van der Waals surface area contributed by atoms with Crippen molar-refractivity contribution in [1.29, 1.82) is 0 Å². The average molecular weight is 429 g/mol. The Bertz CT molecular complexity index is 898. The molecular weight excluding hydrogens is 400 g/mol. The first-order chi connectivity index (χ1) is 14.7. The molecule has 7 nitrogen and oxygen atoms in total. The van der Waals surface area contributed by atoms with Gasteiger partial charge in [-0.25, -0.2) is 4.98 Å². The number of nitrogens with one attached hydrogen (secondary N) is 1. The molecule has 0 aromatic carbocycles. The number of aromatic nitrogens is 1. The SMILES string of the molecule is O=C(NCc1ccco1)[C@@H]1CCc2nc(N3CCN(C(=O)C4CCC4)CC3)sc2C1. The van der Waals surface area contributed by atoms with Crippen LogP contribution in [-0.4, -0.2) is 47.9 Å². The van der Waals surface area contributed by atoms with Crippen molar-refractivity contribution in [1.82, 2.24) is 15.2 Å². The summed E-state index contributed by atoms with van der Waals surface area (Å²) in [5.74, 6) is 1.49. The van der Waals surface area contributed by atoms with Crippen LogP contribution in [0.2, 0.25) is 0 Å². The Hall–Kier alpha value is -2.35. The number of furan rings is 1. The maximum atomic E-state index is 12.6. The van der Waals surface area contributed by atoms with Crippen LogP contribution in [0.3, 0.4) is 0 Å². The van der Waals surface area contributed by atoms with Crippen LogP contribution in [0, 0.1) is 11.8 Å². The van der Waals surface area contributed by atoms with Crippen LogP contribution in [0.15, 0.2) is 22.8 Å². The van der Waals surface area contributed by atoms with Gasteiger partial charge in [0.2, 0.25) is 11.8 Å². The summed E-state index contributed by atoms with van der Waals surface area (Å²) in [6.07, 6.45) is 7.40. The van der Waals surface area contributed by atoms with Crippen LogP contribution in [0.1, 0.15) is 42.0 Å². The highest BCUT2D eigenvalue weighted by molar-refractivity contribution is 7.15. The van der Waals surface area contributed by atoms with Gasteiger partial charge in [0, 0.05) is 42.9 Å². The Labute approximate surface area is 180 Å². The monoisotopic (exact) mass is 428 g/mol. The molecule has 2 amide bonds. The van der Waals surface area contributed by atoms with E-state index < -0.39 is 0 Å². The summed E-state index contributed by atoms with van der Waals surface area (Å²) >= 11 is 1.72. The van der Waals surface area contributed by atoms with Crippen LogP contribution >= 0.6 is 11.3 Å². The van der Waals surface area contributed by atoms with Crippen molar-refractivity contribution in [2.24, 2.45) is 11.8 Å². The van der Waals surface area contributed by atoms with Gasteiger partial charge in [-0.05, 0) is 44.2 Å². The Kier molecular flexibility index (Phi) is 5.50. The van der Waals surface area contributed by atoms with E-state index in [9.17, 15) is 9.59 Å². The number of carbonyl (C=O) groups excluding carboxylic acids is 2. The maximum Gasteiger partial charge on any atom is 0.225 e. The minimum atomic E-state index is -0.00212. The summed E-state index contributed by atoms with van der Waals surface area (Å²) in [4.78, 5) is 35.5. The number of fused-ring (bicyclic) bond motifs is 1. The van der Waals surface area contributed by atoms with E-state index in [-0.39, 0.29) is 17.7 Å². The molecule has 30 heavy (non-hydrogen) atoms. The molecule has 1 saturated heterocycles. The first-order valence-electron chi connectivity index (χ1n) is 11.0. The van der Waals surface area contributed by atoms with Gasteiger partial charge in [-0.3, -0.25) is 9.59 Å². The molecule has 3 heterocycles. The Balaban J connectivity index is 1.15. The summed E-state index contributed by atoms with van der Waals surface area (Å²) in [7, 11) is 0. The lowest BCUT2D eigenvalue weighted by Crippen LogP contribution is -2.51. The molecule has 1 N–H and O–H groups in total. The van der Waals surface area contributed by atoms with E-state index in [1.165, 1.54) is 11.3 Å². The molecule has 1 aliphatic heterocycles. The third-order valence-corrected chi connectivity index (χ3v) is 7.81. The Morgan fingerprint density at radius 3 is 2.70 bits per heavy atom. The topological polar surface area (TPSA) is 78.7 Å². The number of anilines is 1. The van der Waals surface area contributed by atoms with E-state index in [1.807, 2.05) is 17.0 Å². The molecule has 3 aliphatic rings. The van der Waals surface area contributed by atoms with E-state index in [0.717, 1.165) is 74.9 Å². The Morgan fingerprint density at radius 1 is 1.17 bits per heavy atom. The van der Waals surface area contributed by atoms with Gasteiger partial charge in [-0.1, -0.05) is 6.42 Å². The summed E-state index contributed by atoms with van der Waals surface area (Å²) in [6.45, 7) is 3.71. The largest absolute Gasteiger partial charge is 0.467 e. The Morgan fingerprint density at radius 2 is 2.00 bits per heavy atom. The molecule has 1 atom stereocenters. The van der Waals surface area contributed by atoms with Gasteiger partial charge in [0.15, 0.2) is 5.13 Å². The summed E-state index contributed by atoms with van der Waals surface area (Å²) < 4.78 is 5.29. The third kappa shape index (κ3) is 3.97. The summed E-state index contributed by atoms with van der Waals surface area (Å²) in [6, 6.07) is 3.70. The molecule has 2 aromatic heterocycles. The number of nitrogens with zero attached hydrogens (tertiary/aromatic N) is 3. The fraction of sp³-hybridized carbons (Fsp3) is 0.591. The van der Waals surface area contributed by atoms with Gasteiger partial charge >= 0.3 is 0 Å². The fourth-order valence-corrected chi connectivity index (χ4v) is 5.72. The molecule has 160 valence electrons. The van der Waals surface area contributed by atoms with Gasteiger partial charge < -0.3 is 19.5 Å². The van der Waals surface area contributed by atoms with Gasteiger partial charge in [-0.2, -0.15) is 0 Å². The molecule has 2 aromatic rings. The fourth-order valence-electron chi connectivity index (χ4n) is 4.48. The summed E-state index contributed by atoms with van der Waals surface area (Å²) in [5.41, 5.74) is 1.15. The molecule has 0 radical (unpaired) electrons. The number of thiazole rings is 1. The van der Waals surface area contributed by atoms with Gasteiger partial charge in [0.1, 0.15) is 5.76 Å². The van der Waals surface area contributed by atoms with Crippen molar-refractivity contribution >= 4 is 28.3 Å². The van der Waals surface area contributed by atoms with E-state index in [0.29, 0.717) is 12.5 Å². The minimum Gasteiger partial charge on any atom is -0.467 e.